The first-order valence-electron chi connectivity index (χ1n) is 13.0. The predicted octanol–water partition coefficient (Wildman–Crippen LogP) is 9.21. The van der Waals surface area contributed by atoms with Crippen molar-refractivity contribution in [2.45, 2.75) is 161 Å². The Morgan fingerprint density at radius 1 is 0.483 bits per heavy atom. The van der Waals surface area contributed by atoms with Crippen LogP contribution >= 0.6 is 8.60 Å². The first-order chi connectivity index (χ1) is 14.2. The fourth-order valence-corrected chi connectivity index (χ4v) is 4.58. The Kier molecular flexibility index (Phi) is 24.8. The van der Waals surface area contributed by atoms with Gasteiger partial charge in [0.25, 0.3) is 0 Å². The van der Waals surface area contributed by atoms with Gasteiger partial charge < -0.3 is 14.3 Å². The second-order valence-electron chi connectivity index (χ2n) is 8.92. The van der Waals surface area contributed by atoms with Crippen LogP contribution in [-0.4, -0.2) is 15.9 Å². The Bertz CT molecular complexity index is 300. The smallest absolute Gasteiger partial charge is 0.327 e. The monoisotopic (exact) mass is 432 g/mol. The lowest BCUT2D eigenvalue weighted by molar-refractivity contribution is 0.147. The Morgan fingerprint density at radius 2 is 0.759 bits per heavy atom. The summed E-state index contributed by atoms with van der Waals surface area (Å²) < 4.78 is 5.39. The topological polar surface area (TPSA) is 49.7 Å². The molecule has 0 heterocycles. The van der Waals surface area contributed by atoms with Gasteiger partial charge in [0.1, 0.15) is 0 Å². The van der Waals surface area contributed by atoms with E-state index in [0.29, 0.717) is 0 Å². The van der Waals surface area contributed by atoms with Gasteiger partial charge in [0.2, 0.25) is 0 Å². The molecule has 0 aromatic heterocycles. The molecule has 0 aromatic carbocycles. The summed E-state index contributed by atoms with van der Waals surface area (Å²) in [7, 11) is -2.21. The largest absolute Gasteiger partial charge is 0.328 e. The maximum absolute atomic E-state index is 9.24. The summed E-state index contributed by atoms with van der Waals surface area (Å²) in [5.74, 6) is 0. The molecule has 0 fully saturated rings. The molecule has 2 N–H and O–H groups in total. The van der Waals surface area contributed by atoms with Gasteiger partial charge in [-0.3, -0.25) is 0 Å². The Labute approximate surface area is 184 Å². The fourth-order valence-electron chi connectivity index (χ4n) is 4.10. The third-order valence-electron chi connectivity index (χ3n) is 6.00. The molecule has 0 bridgehead atoms. The second-order valence-corrected chi connectivity index (χ2v) is 9.64. The third kappa shape index (κ3) is 24.5. The van der Waals surface area contributed by atoms with Crippen LogP contribution in [0.2, 0.25) is 0 Å². The lowest BCUT2D eigenvalue weighted by Crippen LogP contribution is -2.10. The van der Waals surface area contributed by atoms with Crippen LogP contribution in [0.1, 0.15) is 155 Å². The van der Waals surface area contributed by atoms with E-state index in [1.54, 1.807) is 0 Å². The highest BCUT2D eigenvalue weighted by Gasteiger charge is 2.13. The van der Waals surface area contributed by atoms with E-state index in [0.717, 1.165) is 25.7 Å². The van der Waals surface area contributed by atoms with E-state index in [1.165, 1.54) is 116 Å². The Hall–Kier alpha value is 0.310. The SMILES string of the molecule is CCCCCCCCCCCCCCC(CCCCCCCCCC)OP(O)O. The molecule has 1 unspecified atom stereocenters. The van der Waals surface area contributed by atoms with Crippen LogP contribution in [0, 0.1) is 0 Å². The molecule has 0 saturated carbocycles. The van der Waals surface area contributed by atoms with Crippen LogP contribution in [-0.2, 0) is 4.52 Å². The van der Waals surface area contributed by atoms with Crippen LogP contribution in [0.5, 0.6) is 0 Å². The van der Waals surface area contributed by atoms with E-state index < -0.39 is 8.60 Å². The molecule has 176 valence electrons. The molecule has 0 aliphatic rings. The Balaban J connectivity index is 3.52. The van der Waals surface area contributed by atoms with Crippen molar-refractivity contribution >= 4 is 8.60 Å². The van der Waals surface area contributed by atoms with Gasteiger partial charge in [-0.1, -0.05) is 142 Å². The minimum absolute atomic E-state index is 0.0410. The molecule has 29 heavy (non-hydrogen) atoms. The molecule has 1 atom stereocenters. The summed E-state index contributed by atoms with van der Waals surface area (Å²) in [6.07, 6.45) is 28.7. The summed E-state index contributed by atoms with van der Waals surface area (Å²) in [5.41, 5.74) is 0. The van der Waals surface area contributed by atoms with Crippen molar-refractivity contribution < 1.29 is 14.3 Å². The van der Waals surface area contributed by atoms with Crippen molar-refractivity contribution in [2.75, 3.05) is 0 Å². The summed E-state index contributed by atoms with van der Waals surface area (Å²) in [6.45, 7) is 4.53. The lowest BCUT2D eigenvalue weighted by atomic mass is 10.0. The van der Waals surface area contributed by atoms with Crippen molar-refractivity contribution in [3.05, 3.63) is 0 Å². The fraction of sp³-hybridized carbons (Fsp3) is 1.00. The number of hydrogen-bond donors (Lipinski definition) is 2. The molecule has 0 spiro atoms. The summed E-state index contributed by atoms with van der Waals surface area (Å²) in [6, 6.07) is 0. The van der Waals surface area contributed by atoms with Gasteiger partial charge >= 0.3 is 8.60 Å². The van der Waals surface area contributed by atoms with E-state index in [1.807, 2.05) is 0 Å². The quantitative estimate of drug-likeness (QED) is 0.118. The Morgan fingerprint density at radius 3 is 1.03 bits per heavy atom. The van der Waals surface area contributed by atoms with Gasteiger partial charge in [-0.15, -0.1) is 0 Å². The third-order valence-corrected chi connectivity index (χ3v) is 6.49. The molecule has 4 heteroatoms. The van der Waals surface area contributed by atoms with Gasteiger partial charge in [-0.25, -0.2) is 0 Å². The highest BCUT2D eigenvalue weighted by atomic mass is 31.2. The molecule has 0 radical (unpaired) electrons. The van der Waals surface area contributed by atoms with Crippen LogP contribution < -0.4 is 0 Å². The number of rotatable bonds is 24. The van der Waals surface area contributed by atoms with Gasteiger partial charge in [0.05, 0.1) is 6.10 Å². The highest BCUT2D eigenvalue weighted by Crippen LogP contribution is 2.31. The summed E-state index contributed by atoms with van der Waals surface area (Å²) >= 11 is 0. The van der Waals surface area contributed by atoms with E-state index >= 15 is 0 Å². The molecule has 0 aromatic rings. The van der Waals surface area contributed by atoms with E-state index in [-0.39, 0.29) is 6.10 Å². The van der Waals surface area contributed by atoms with Gasteiger partial charge in [0, 0.05) is 0 Å². The van der Waals surface area contributed by atoms with Crippen molar-refractivity contribution in [2.24, 2.45) is 0 Å². The standard InChI is InChI=1S/C25H53O3P/c1-3-5-7-9-11-13-14-15-16-18-20-22-24-25(28-29(26)27)23-21-19-17-12-10-8-6-4-2/h25-27H,3-24H2,1-2H3. The first kappa shape index (κ1) is 29.3. The van der Waals surface area contributed by atoms with E-state index in [9.17, 15) is 9.79 Å². The van der Waals surface area contributed by atoms with Gasteiger partial charge in [0.15, 0.2) is 0 Å². The molecule has 0 aliphatic carbocycles. The summed E-state index contributed by atoms with van der Waals surface area (Å²) in [5, 5.41) is 0. The van der Waals surface area contributed by atoms with Crippen molar-refractivity contribution in [3.63, 3.8) is 0 Å². The van der Waals surface area contributed by atoms with Crippen LogP contribution in [0.15, 0.2) is 0 Å². The van der Waals surface area contributed by atoms with Crippen molar-refractivity contribution in [1.82, 2.24) is 0 Å². The van der Waals surface area contributed by atoms with E-state index in [2.05, 4.69) is 13.8 Å². The minimum Gasteiger partial charge on any atom is -0.328 e. The van der Waals surface area contributed by atoms with E-state index in [4.69, 9.17) is 4.52 Å². The van der Waals surface area contributed by atoms with Gasteiger partial charge in [-0.05, 0) is 12.8 Å². The van der Waals surface area contributed by atoms with Crippen molar-refractivity contribution in [3.8, 4) is 0 Å². The lowest BCUT2D eigenvalue weighted by Gasteiger charge is -2.17. The predicted molar refractivity (Wildman–Crippen MR) is 129 cm³/mol. The van der Waals surface area contributed by atoms with Crippen molar-refractivity contribution in [1.29, 1.82) is 0 Å². The number of hydrogen-bond acceptors (Lipinski definition) is 3. The zero-order valence-electron chi connectivity index (χ0n) is 19.9. The van der Waals surface area contributed by atoms with Crippen LogP contribution in [0.4, 0.5) is 0 Å². The summed E-state index contributed by atoms with van der Waals surface area (Å²) in [4.78, 5) is 18.5. The van der Waals surface area contributed by atoms with Crippen LogP contribution in [0.3, 0.4) is 0 Å². The zero-order chi connectivity index (χ0) is 21.4. The molecule has 3 nitrogen and oxygen atoms in total. The zero-order valence-corrected chi connectivity index (χ0v) is 20.8. The molecule has 0 rings (SSSR count). The molecular formula is C25H53O3P. The maximum atomic E-state index is 9.24. The maximum Gasteiger partial charge on any atom is 0.327 e. The van der Waals surface area contributed by atoms with Crippen LogP contribution in [0.25, 0.3) is 0 Å². The first-order valence-corrected chi connectivity index (χ1v) is 14.2. The average molecular weight is 433 g/mol. The molecule has 0 aliphatic heterocycles. The minimum atomic E-state index is -2.21. The molecular weight excluding hydrogens is 379 g/mol. The second kappa shape index (κ2) is 24.6. The normalized spacial score (nSPS) is 12.7. The average Bonchev–Trinajstić information content (AvgIpc) is 2.70. The molecule has 0 amide bonds. The number of unbranched alkanes of at least 4 members (excludes halogenated alkanes) is 18. The highest BCUT2D eigenvalue weighted by molar-refractivity contribution is 7.39. The molecule has 0 saturated heterocycles. The van der Waals surface area contributed by atoms with Gasteiger partial charge in [-0.2, -0.15) is 0 Å².